The van der Waals surface area contributed by atoms with Crippen molar-refractivity contribution >= 4 is 38.6 Å². The number of ether oxygens (including phenoxy) is 2. The minimum Gasteiger partial charge on any atom is -0.510 e. The molecule has 2 aromatic carbocycles. The molecular weight excluding hydrogens is 338 g/mol. The van der Waals surface area contributed by atoms with Crippen LogP contribution in [0.15, 0.2) is 48.2 Å². The lowest BCUT2D eigenvalue weighted by Gasteiger charge is -2.18. The second-order valence-electron chi connectivity index (χ2n) is 5.78. The summed E-state index contributed by atoms with van der Waals surface area (Å²) >= 11 is 1.48. The van der Waals surface area contributed by atoms with E-state index in [-0.39, 0.29) is 24.9 Å². The molecule has 5 rings (SSSR count). The maximum Gasteiger partial charge on any atom is 0.231 e. The maximum atomic E-state index is 10.5. The fourth-order valence-corrected chi connectivity index (χ4v) is 4.09. The van der Waals surface area contributed by atoms with Crippen LogP contribution in [0.4, 0.5) is 5.69 Å². The Balaban J connectivity index is 1.52. The molecule has 0 amide bonds. The Morgan fingerprint density at radius 1 is 1.12 bits per heavy atom. The van der Waals surface area contributed by atoms with Gasteiger partial charge in [0.05, 0.1) is 22.3 Å². The Morgan fingerprint density at radius 3 is 2.84 bits per heavy atom. The fourth-order valence-electron chi connectivity index (χ4n) is 3.06. The van der Waals surface area contributed by atoms with Crippen LogP contribution in [0.2, 0.25) is 0 Å². The summed E-state index contributed by atoms with van der Waals surface area (Å²) in [6.07, 6.45) is 0. The van der Waals surface area contributed by atoms with E-state index in [1.807, 2.05) is 42.5 Å². The molecule has 2 aliphatic heterocycles. The zero-order valence-corrected chi connectivity index (χ0v) is 13.8. The second kappa shape index (κ2) is 5.22. The van der Waals surface area contributed by atoms with Crippen LogP contribution >= 0.6 is 11.3 Å². The zero-order chi connectivity index (χ0) is 17.0. The normalized spacial score (nSPS) is 16.3. The van der Waals surface area contributed by atoms with Gasteiger partial charge in [-0.05, 0) is 24.3 Å². The summed E-state index contributed by atoms with van der Waals surface area (Å²) in [5.74, 6) is 1.73. The van der Waals surface area contributed by atoms with Gasteiger partial charge in [-0.25, -0.2) is 4.98 Å². The molecule has 0 bridgehead atoms. The number of rotatable bonds is 2. The van der Waals surface area contributed by atoms with Crippen LogP contribution < -0.4 is 14.4 Å². The van der Waals surface area contributed by atoms with Crippen LogP contribution in [0.3, 0.4) is 0 Å². The summed E-state index contributed by atoms with van der Waals surface area (Å²) in [5.41, 5.74) is 2.13. The minimum atomic E-state index is 0.154. The SMILES string of the molecule is N=C1C(c2nc3ccccc3s2)=C(O)CN1c1ccc2c(c1)OCO2. The summed E-state index contributed by atoms with van der Waals surface area (Å²) in [6.45, 7) is 0.445. The highest BCUT2D eigenvalue weighted by atomic mass is 32.1. The predicted molar refractivity (Wildman–Crippen MR) is 96.8 cm³/mol. The third-order valence-electron chi connectivity index (χ3n) is 4.28. The highest BCUT2D eigenvalue weighted by Gasteiger charge is 2.32. The van der Waals surface area contributed by atoms with Crippen molar-refractivity contribution < 1.29 is 14.6 Å². The molecule has 6 nitrogen and oxygen atoms in total. The van der Waals surface area contributed by atoms with Gasteiger partial charge in [0.1, 0.15) is 16.6 Å². The highest BCUT2D eigenvalue weighted by Crippen LogP contribution is 2.39. The highest BCUT2D eigenvalue weighted by molar-refractivity contribution is 7.19. The first kappa shape index (κ1) is 14.3. The first-order valence-electron chi connectivity index (χ1n) is 7.75. The summed E-state index contributed by atoms with van der Waals surface area (Å²) in [6, 6.07) is 13.3. The standard InChI is InChI=1S/C18H13N3O3S/c19-17-16(18-20-11-3-1-2-4-15(11)25-18)12(22)8-21(17)10-5-6-13-14(7-10)24-9-23-13/h1-7,19,22H,8-9H2. The first-order chi connectivity index (χ1) is 12.2. The summed E-state index contributed by atoms with van der Waals surface area (Å²) < 4.78 is 11.8. The molecule has 25 heavy (non-hydrogen) atoms. The van der Waals surface area contributed by atoms with Crippen molar-refractivity contribution in [3.63, 3.8) is 0 Å². The lowest BCUT2D eigenvalue weighted by atomic mass is 10.2. The molecule has 3 aromatic rings. The fraction of sp³-hybridized carbons (Fsp3) is 0.111. The van der Waals surface area contributed by atoms with E-state index in [2.05, 4.69) is 4.98 Å². The van der Waals surface area contributed by atoms with E-state index in [4.69, 9.17) is 14.9 Å². The number of aliphatic hydroxyl groups excluding tert-OH is 1. The molecule has 0 unspecified atom stereocenters. The Morgan fingerprint density at radius 2 is 1.96 bits per heavy atom. The van der Waals surface area contributed by atoms with Crippen molar-refractivity contribution in [3.05, 3.63) is 53.2 Å². The molecule has 0 radical (unpaired) electrons. The lowest BCUT2D eigenvalue weighted by Crippen LogP contribution is -2.25. The average Bonchev–Trinajstić information content (AvgIpc) is 3.30. The molecule has 0 atom stereocenters. The molecule has 124 valence electrons. The van der Waals surface area contributed by atoms with Gasteiger partial charge in [-0.1, -0.05) is 12.1 Å². The third kappa shape index (κ3) is 2.16. The van der Waals surface area contributed by atoms with Crippen LogP contribution in [0.1, 0.15) is 5.01 Å². The number of anilines is 1. The first-order valence-corrected chi connectivity index (χ1v) is 8.56. The second-order valence-corrected chi connectivity index (χ2v) is 6.81. The van der Waals surface area contributed by atoms with E-state index in [1.165, 1.54) is 11.3 Å². The van der Waals surface area contributed by atoms with Crippen LogP contribution in [0.25, 0.3) is 15.8 Å². The molecule has 0 fully saturated rings. The number of hydrogen-bond donors (Lipinski definition) is 2. The van der Waals surface area contributed by atoms with Crippen LogP contribution in [-0.4, -0.2) is 29.3 Å². The topological polar surface area (TPSA) is 78.7 Å². The Hall–Kier alpha value is -3.06. The van der Waals surface area contributed by atoms with Crippen molar-refractivity contribution in [3.8, 4) is 11.5 Å². The number of aromatic nitrogens is 1. The van der Waals surface area contributed by atoms with E-state index in [1.54, 1.807) is 4.90 Å². The Kier molecular flexibility index (Phi) is 2.98. The van der Waals surface area contributed by atoms with Crippen LogP contribution in [0, 0.1) is 5.41 Å². The number of nitrogens with zero attached hydrogens (tertiary/aromatic N) is 2. The molecule has 2 aliphatic rings. The largest absolute Gasteiger partial charge is 0.510 e. The van der Waals surface area contributed by atoms with E-state index >= 15 is 0 Å². The number of fused-ring (bicyclic) bond motifs is 2. The number of hydrogen-bond acceptors (Lipinski definition) is 6. The van der Waals surface area contributed by atoms with Crippen molar-refractivity contribution in [2.75, 3.05) is 18.2 Å². The van der Waals surface area contributed by atoms with E-state index in [0.29, 0.717) is 22.1 Å². The van der Waals surface area contributed by atoms with Gasteiger partial charge in [0.2, 0.25) is 6.79 Å². The number of para-hydroxylation sites is 1. The van der Waals surface area contributed by atoms with Gasteiger partial charge in [-0.15, -0.1) is 11.3 Å². The number of benzene rings is 2. The maximum absolute atomic E-state index is 10.5. The number of nitrogens with one attached hydrogen (secondary N) is 1. The smallest absolute Gasteiger partial charge is 0.231 e. The van der Waals surface area contributed by atoms with Crippen molar-refractivity contribution in [2.45, 2.75) is 0 Å². The average molecular weight is 351 g/mol. The third-order valence-corrected chi connectivity index (χ3v) is 5.33. The summed E-state index contributed by atoms with van der Waals surface area (Å²) in [7, 11) is 0. The van der Waals surface area contributed by atoms with Gasteiger partial charge in [-0.3, -0.25) is 5.41 Å². The van der Waals surface area contributed by atoms with Gasteiger partial charge in [-0.2, -0.15) is 0 Å². The number of aliphatic hydroxyl groups is 1. The summed E-state index contributed by atoms with van der Waals surface area (Å²) in [5, 5.41) is 19.7. The van der Waals surface area contributed by atoms with Gasteiger partial charge in [0.25, 0.3) is 0 Å². The van der Waals surface area contributed by atoms with Gasteiger partial charge in [0.15, 0.2) is 11.5 Å². The van der Waals surface area contributed by atoms with Crippen molar-refractivity contribution in [2.24, 2.45) is 0 Å². The summed E-state index contributed by atoms with van der Waals surface area (Å²) in [4.78, 5) is 6.30. The van der Waals surface area contributed by atoms with Crippen molar-refractivity contribution in [1.82, 2.24) is 4.98 Å². The lowest BCUT2D eigenvalue weighted by molar-refractivity contribution is 0.174. The van der Waals surface area contributed by atoms with Gasteiger partial charge < -0.3 is 19.5 Å². The van der Waals surface area contributed by atoms with Crippen molar-refractivity contribution in [1.29, 1.82) is 5.41 Å². The molecule has 7 heteroatoms. The Bertz CT molecular complexity index is 1020. The quantitative estimate of drug-likeness (QED) is 0.734. The molecule has 0 saturated heterocycles. The van der Waals surface area contributed by atoms with Gasteiger partial charge in [0, 0.05) is 11.8 Å². The monoisotopic (exact) mass is 351 g/mol. The molecule has 0 saturated carbocycles. The molecular formula is C18H13N3O3S. The molecule has 2 N–H and O–H groups in total. The molecule has 1 aromatic heterocycles. The molecule has 0 aliphatic carbocycles. The van der Waals surface area contributed by atoms with E-state index in [0.717, 1.165) is 15.9 Å². The number of amidine groups is 1. The molecule has 0 spiro atoms. The van der Waals surface area contributed by atoms with E-state index in [9.17, 15) is 5.11 Å². The van der Waals surface area contributed by atoms with E-state index < -0.39 is 0 Å². The van der Waals surface area contributed by atoms with Gasteiger partial charge >= 0.3 is 0 Å². The van der Waals surface area contributed by atoms with Crippen LogP contribution in [0.5, 0.6) is 11.5 Å². The minimum absolute atomic E-state index is 0.154. The zero-order valence-electron chi connectivity index (χ0n) is 13.0. The van der Waals surface area contributed by atoms with Crippen LogP contribution in [-0.2, 0) is 0 Å². The predicted octanol–water partition coefficient (Wildman–Crippen LogP) is 3.79. The Labute approximate surface area is 147 Å². The number of thiazole rings is 1. The molecule has 3 heterocycles.